The molecule has 0 saturated carbocycles. The maximum absolute atomic E-state index is 12.9. The number of hydroxylamine groups is 1. The lowest BCUT2D eigenvalue weighted by molar-refractivity contribution is 0.0706. The fourth-order valence-electron chi connectivity index (χ4n) is 3.00. The summed E-state index contributed by atoms with van der Waals surface area (Å²) in [7, 11) is 0. The number of para-hydroxylation sites is 1. The van der Waals surface area contributed by atoms with Gasteiger partial charge in [-0.1, -0.05) is 24.3 Å². The second kappa shape index (κ2) is 7.09. The molecule has 0 aliphatic carbocycles. The first kappa shape index (κ1) is 17.6. The molecule has 2 aromatic heterocycles. The van der Waals surface area contributed by atoms with Crippen molar-refractivity contribution in [2.24, 2.45) is 0 Å². The molecule has 0 unspecified atom stereocenters. The van der Waals surface area contributed by atoms with Crippen LogP contribution in [0.25, 0.3) is 16.5 Å². The third-order valence-electron chi connectivity index (χ3n) is 4.53. The van der Waals surface area contributed by atoms with Crippen LogP contribution < -0.4 is 11.0 Å². The van der Waals surface area contributed by atoms with Gasteiger partial charge in [0.15, 0.2) is 0 Å². The number of nitrogens with one attached hydrogen (secondary N) is 1. The smallest absolute Gasteiger partial charge is 0.274 e. The summed E-state index contributed by atoms with van der Waals surface area (Å²) in [5, 5.41) is 18.8. The highest BCUT2D eigenvalue weighted by atomic mass is 16.5. The zero-order valence-electron chi connectivity index (χ0n) is 15.0. The number of hydrogen-bond donors (Lipinski definition) is 2. The summed E-state index contributed by atoms with van der Waals surface area (Å²) in [6, 6.07) is 16.0. The molecule has 4 aromatic rings. The number of aryl methyl sites for hydroxylation is 1. The van der Waals surface area contributed by atoms with E-state index in [4.69, 9.17) is 5.21 Å². The van der Waals surface area contributed by atoms with Crippen molar-refractivity contribution in [3.05, 3.63) is 88.1 Å². The van der Waals surface area contributed by atoms with Gasteiger partial charge in [0.25, 0.3) is 11.5 Å². The van der Waals surface area contributed by atoms with Gasteiger partial charge in [0.2, 0.25) is 0 Å². The molecule has 0 spiro atoms. The first-order valence-electron chi connectivity index (χ1n) is 8.62. The van der Waals surface area contributed by atoms with Crippen LogP contribution in [0.15, 0.2) is 65.6 Å². The fraction of sp³-hybridized carbons (Fsp3) is 0.100. The third kappa shape index (κ3) is 3.17. The van der Waals surface area contributed by atoms with Gasteiger partial charge in [-0.15, -0.1) is 0 Å². The van der Waals surface area contributed by atoms with Crippen molar-refractivity contribution in [3.63, 3.8) is 0 Å². The first-order valence-corrected chi connectivity index (χ1v) is 8.62. The van der Waals surface area contributed by atoms with E-state index in [2.05, 4.69) is 10.2 Å². The molecule has 0 bridgehead atoms. The van der Waals surface area contributed by atoms with Crippen molar-refractivity contribution < 1.29 is 10.0 Å². The topological polar surface area (TPSA) is 102 Å². The van der Waals surface area contributed by atoms with Gasteiger partial charge < -0.3 is 4.57 Å². The van der Waals surface area contributed by atoms with Crippen LogP contribution in [0.5, 0.6) is 0 Å². The minimum atomic E-state index is -0.668. The summed E-state index contributed by atoms with van der Waals surface area (Å²) in [6.07, 6.45) is 1.69. The molecule has 0 saturated heterocycles. The molecule has 0 aliphatic heterocycles. The Morgan fingerprint density at radius 2 is 1.89 bits per heavy atom. The fourth-order valence-corrected chi connectivity index (χ4v) is 3.00. The second-order valence-corrected chi connectivity index (χ2v) is 6.35. The first-order chi connectivity index (χ1) is 13.6. The lowest BCUT2D eigenvalue weighted by Gasteiger charge is -2.07. The van der Waals surface area contributed by atoms with Crippen LogP contribution in [0.2, 0.25) is 0 Å². The van der Waals surface area contributed by atoms with Crippen molar-refractivity contribution >= 4 is 16.7 Å². The quantitative estimate of drug-likeness (QED) is 0.420. The maximum atomic E-state index is 12.9. The minimum Gasteiger partial charge on any atom is -0.309 e. The number of hydrogen-bond acceptors (Lipinski definition) is 5. The van der Waals surface area contributed by atoms with Crippen LogP contribution >= 0.6 is 0 Å². The van der Waals surface area contributed by atoms with Crippen molar-refractivity contribution in [3.8, 4) is 5.69 Å². The van der Waals surface area contributed by atoms with Crippen LogP contribution in [0.3, 0.4) is 0 Å². The van der Waals surface area contributed by atoms with E-state index in [0.29, 0.717) is 16.5 Å². The van der Waals surface area contributed by atoms with E-state index in [1.165, 1.54) is 10.6 Å². The Kier molecular flexibility index (Phi) is 4.46. The van der Waals surface area contributed by atoms with Crippen LogP contribution in [0, 0.1) is 6.92 Å². The monoisotopic (exact) mass is 375 g/mol. The summed E-state index contributed by atoms with van der Waals surface area (Å²) in [5.74, 6) is -0.668. The van der Waals surface area contributed by atoms with Crippen molar-refractivity contribution in [2.45, 2.75) is 13.5 Å². The number of benzene rings is 2. The average Bonchev–Trinajstić information content (AvgIpc) is 3.10. The summed E-state index contributed by atoms with van der Waals surface area (Å²) in [6.45, 7) is 2.10. The predicted molar refractivity (Wildman–Crippen MR) is 103 cm³/mol. The molecule has 8 nitrogen and oxygen atoms in total. The average molecular weight is 375 g/mol. The summed E-state index contributed by atoms with van der Waals surface area (Å²) in [4.78, 5) is 26.1. The third-order valence-corrected chi connectivity index (χ3v) is 4.53. The molecule has 1 amide bonds. The van der Waals surface area contributed by atoms with Crippen molar-refractivity contribution in [2.75, 3.05) is 0 Å². The SMILES string of the molecule is Cc1nn(-c2ccccc2)nc1Cn1ccc2ccc(C(=O)NO)cc2c1=O. The van der Waals surface area contributed by atoms with Gasteiger partial charge in [0.1, 0.15) is 5.69 Å². The Balaban J connectivity index is 1.72. The normalized spacial score (nSPS) is 10.9. The Morgan fingerprint density at radius 1 is 1.11 bits per heavy atom. The number of aromatic nitrogens is 4. The molecule has 2 N–H and O–H groups in total. The highest BCUT2D eigenvalue weighted by molar-refractivity contribution is 5.97. The van der Waals surface area contributed by atoms with Crippen LogP contribution in [0.1, 0.15) is 21.7 Å². The highest BCUT2D eigenvalue weighted by Gasteiger charge is 2.12. The van der Waals surface area contributed by atoms with E-state index >= 15 is 0 Å². The molecule has 4 rings (SSSR count). The Labute approximate surface area is 159 Å². The minimum absolute atomic E-state index is 0.205. The summed E-state index contributed by atoms with van der Waals surface area (Å²) in [5.41, 5.74) is 3.77. The number of pyridine rings is 1. The van der Waals surface area contributed by atoms with Gasteiger partial charge in [-0.25, -0.2) is 5.48 Å². The molecule has 8 heteroatoms. The molecule has 2 heterocycles. The zero-order valence-corrected chi connectivity index (χ0v) is 15.0. The molecular weight excluding hydrogens is 358 g/mol. The molecule has 2 aromatic carbocycles. The van der Waals surface area contributed by atoms with Crippen LogP contribution in [0.4, 0.5) is 0 Å². The van der Waals surface area contributed by atoms with Gasteiger partial charge in [-0.3, -0.25) is 14.8 Å². The Bertz CT molecular complexity index is 1230. The molecular formula is C20H17N5O3. The van der Waals surface area contributed by atoms with Gasteiger partial charge in [-0.2, -0.15) is 15.0 Å². The van der Waals surface area contributed by atoms with Gasteiger partial charge >= 0.3 is 0 Å². The van der Waals surface area contributed by atoms with Gasteiger partial charge in [0, 0.05) is 17.1 Å². The molecule has 140 valence electrons. The standard InChI is InChI=1S/C20H17N5O3/c1-13-18(22-25(21-13)16-5-3-2-4-6-16)12-24-10-9-14-7-8-15(19(26)23-28)11-17(14)20(24)27/h2-11,28H,12H2,1H3,(H,23,26). The lowest BCUT2D eigenvalue weighted by atomic mass is 10.1. The number of amides is 1. The van der Waals surface area contributed by atoms with E-state index in [1.54, 1.807) is 34.7 Å². The number of carbonyl (C=O) groups is 1. The number of rotatable bonds is 4. The van der Waals surface area contributed by atoms with Crippen molar-refractivity contribution in [1.29, 1.82) is 0 Å². The Morgan fingerprint density at radius 3 is 2.64 bits per heavy atom. The second-order valence-electron chi connectivity index (χ2n) is 6.35. The molecule has 0 fully saturated rings. The predicted octanol–water partition coefficient (Wildman–Crippen LogP) is 2.06. The van der Waals surface area contributed by atoms with Crippen LogP contribution in [-0.4, -0.2) is 30.7 Å². The van der Waals surface area contributed by atoms with E-state index in [9.17, 15) is 9.59 Å². The van der Waals surface area contributed by atoms with E-state index < -0.39 is 5.91 Å². The number of carbonyl (C=O) groups excluding carboxylic acids is 1. The summed E-state index contributed by atoms with van der Waals surface area (Å²) < 4.78 is 1.52. The van der Waals surface area contributed by atoms with E-state index in [1.807, 2.05) is 37.3 Å². The molecule has 0 atom stereocenters. The lowest BCUT2D eigenvalue weighted by Crippen LogP contribution is -2.22. The largest absolute Gasteiger partial charge is 0.309 e. The van der Waals surface area contributed by atoms with E-state index in [-0.39, 0.29) is 17.7 Å². The molecule has 0 aliphatic rings. The maximum Gasteiger partial charge on any atom is 0.274 e. The van der Waals surface area contributed by atoms with Crippen molar-refractivity contribution in [1.82, 2.24) is 25.0 Å². The molecule has 28 heavy (non-hydrogen) atoms. The van der Waals surface area contributed by atoms with Crippen LogP contribution in [-0.2, 0) is 6.54 Å². The Hall–Kier alpha value is -3.78. The summed E-state index contributed by atoms with van der Waals surface area (Å²) >= 11 is 0. The number of nitrogens with zero attached hydrogens (tertiary/aromatic N) is 4. The van der Waals surface area contributed by atoms with Gasteiger partial charge in [0.05, 0.1) is 17.9 Å². The van der Waals surface area contributed by atoms with E-state index in [0.717, 1.165) is 11.4 Å². The van der Waals surface area contributed by atoms with Gasteiger partial charge in [-0.05, 0) is 42.6 Å². The molecule has 0 radical (unpaired) electrons. The number of fused-ring (bicyclic) bond motifs is 1. The zero-order chi connectivity index (χ0) is 19.7. The highest BCUT2D eigenvalue weighted by Crippen LogP contribution is 2.14.